The van der Waals surface area contributed by atoms with Crippen LogP contribution >= 0.6 is 0 Å². The standard InChI is InChI=1S/6CN.Fe.K.H/c6*1-2;;;/q6*-1;+6;+1;-1. The van der Waals surface area contributed by atoms with E-state index < -0.39 is 0 Å². The van der Waals surface area contributed by atoms with Crippen molar-refractivity contribution in [3.05, 3.63) is 39.4 Å². The van der Waals surface area contributed by atoms with Crippen LogP contribution in [0.5, 0.6) is 0 Å². The Hall–Kier alpha value is -0.904. The van der Waals surface area contributed by atoms with E-state index in [1.165, 1.54) is 0 Å². The van der Waals surface area contributed by atoms with Gasteiger partial charge in [0.05, 0.1) is 0 Å². The van der Waals surface area contributed by atoms with Gasteiger partial charge in [-0.05, 0) is 0 Å². The zero-order valence-electron chi connectivity index (χ0n) is 8.04. The topological polar surface area (TPSA) is 143 Å². The summed E-state index contributed by atoms with van der Waals surface area (Å²) in [4.78, 5) is 0. The molecular formula is C6HFeKN6. The van der Waals surface area contributed by atoms with Crippen molar-refractivity contribution in [2.24, 2.45) is 0 Å². The van der Waals surface area contributed by atoms with Crippen molar-refractivity contribution in [3.63, 3.8) is 0 Å². The average Bonchev–Trinajstić information content (AvgIpc) is 2.33. The summed E-state index contributed by atoms with van der Waals surface area (Å²) in [6.07, 6.45) is 0. The molecule has 0 radical (unpaired) electrons. The molecule has 0 aromatic rings. The Morgan fingerprint density at radius 2 is 0.429 bits per heavy atom. The molecule has 0 bridgehead atoms. The number of nitrogens with zero attached hydrogens (tertiary/aromatic N) is 6. The van der Waals surface area contributed by atoms with E-state index in [1.807, 2.05) is 0 Å². The van der Waals surface area contributed by atoms with Crippen molar-refractivity contribution in [2.75, 3.05) is 0 Å². The van der Waals surface area contributed by atoms with Crippen molar-refractivity contribution in [1.82, 2.24) is 0 Å². The number of rotatable bonds is 0. The predicted molar refractivity (Wildman–Crippen MR) is 30.9 cm³/mol. The van der Waals surface area contributed by atoms with E-state index in [0.29, 0.717) is 0 Å². The van der Waals surface area contributed by atoms with Gasteiger partial charge in [-0.3, -0.25) is 0 Å². The summed E-state index contributed by atoms with van der Waals surface area (Å²) in [7, 11) is 0. The van der Waals surface area contributed by atoms with Gasteiger partial charge >= 0.3 is 68.5 Å². The molecule has 0 fully saturated rings. The van der Waals surface area contributed by atoms with Gasteiger partial charge < -0.3 is 72.4 Å². The molecule has 0 rings (SSSR count). The van der Waals surface area contributed by atoms with Crippen LogP contribution in [0.1, 0.15) is 1.43 Å². The van der Waals surface area contributed by atoms with Gasteiger partial charge in [-0.1, -0.05) is 0 Å². The van der Waals surface area contributed by atoms with E-state index in [4.69, 9.17) is 71.0 Å². The van der Waals surface area contributed by atoms with Crippen molar-refractivity contribution in [1.29, 1.82) is 31.6 Å². The molecule has 0 aromatic carbocycles. The summed E-state index contributed by atoms with van der Waals surface area (Å²) in [5.74, 6) is 0. The summed E-state index contributed by atoms with van der Waals surface area (Å²) >= 11 is 0. The van der Waals surface area contributed by atoms with Gasteiger partial charge in [0.25, 0.3) is 0 Å². The van der Waals surface area contributed by atoms with E-state index in [2.05, 4.69) is 0 Å². The molecule has 0 saturated heterocycles. The maximum absolute atomic E-state index is 6.25. The summed E-state index contributed by atoms with van der Waals surface area (Å²) in [5, 5.41) is 37.5. The molecule has 0 unspecified atom stereocenters. The molecule has 14 heavy (non-hydrogen) atoms. The quantitative estimate of drug-likeness (QED) is 0.350. The average molecular weight is 252 g/mol. The SMILES string of the molecule is [C-]#N.[C-]#N.[C-]#N.[C-]#N.[C-]#N.[C-]#N.[Fe+6].[H-].[K+]. The van der Waals surface area contributed by atoms with E-state index in [0.717, 1.165) is 0 Å². The van der Waals surface area contributed by atoms with Crippen molar-refractivity contribution in [3.8, 4) is 0 Å². The van der Waals surface area contributed by atoms with Crippen molar-refractivity contribution < 1.29 is 69.9 Å². The first-order valence-corrected chi connectivity index (χ1v) is 1.34. The third-order valence-corrected chi connectivity index (χ3v) is 0. The molecule has 0 heterocycles. The molecule has 0 aliphatic heterocycles. The van der Waals surface area contributed by atoms with Crippen LogP contribution in [0.3, 0.4) is 0 Å². The maximum Gasteiger partial charge on any atom is 6.00 e. The van der Waals surface area contributed by atoms with Crippen LogP contribution in [0.2, 0.25) is 0 Å². The fourth-order valence-corrected chi connectivity index (χ4v) is 0. The smallest absolute Gasteiger partial charge is 1.00 e. The molecule has 0 aliphatic rings. The minimum Gasteiger partial charge on any atom is -1.00 e. The normalized spacial score (nSPS) is 0.857. The first kappa shape index (κ1) is 73.8. The Labute approximate surface area is 139 Å². The molecular weight excluding hydrogens is 251 g/mol. The molecule has 0 aromatic heterocycles. The third kappa shape index (κ3) is 1380. The Bertz CT molecular complexity index is 103. The van der Waals surface area contributed by atoms with E-state index in [-0.39, 0.29) is 69.9 Å². The second-order valence-corrected chi connectivity index (χ2v) is 0. The first-order valence-electron chi connectivity index (χ1n) is 1.34. The van der Waals surface area contributed by atoms with Crippen LogP contribution in [0, 0.1) is 71.0 Å². The van der Waals surface area contributed by atoms with Crippen LogP contribution in [0.4, 0.5) is 0 Å². The second kappa shape index (κ2) is 1820. The zero-order valence-corrected chi connectivity index (χ0v) is 11.3. The largest absolute Gasteiger partial charge is 6.00 e. The molecule has 0 atom stereocenters. The van der Waals surface area contributed by atoms with Gasteiger partial charge in [0.1, 0.15) is 0 Å². The van der Waals surface area contributed by atoms with Gasteiger partial charge in [0.15, 0.2) is 0 Å². The van der Waals surface area contributed by atoms with Crippen LogP contribution in [0.25, 0.3) is 0 Å². The minimum atomic E-state index is 0. The Balaban J connectivity index is -0.00000000396. The molecule has 0 saturated carbocycles. The van der Waals surface area contributed by atoms with Crippen LogP contribution < -0.4 is 51.4 Å². The number of hydrogen-bond donors (Lipinski definition) is 0. The second-order valence-electron chi connectivity index (χ2n) is 0. The zero-order chi connectivity index (χ0) is 12.0. The van der Waals surface area contributed by atoms with Gasteiger partial charge in [-0.25, -0.2) is 0 Å². The van der Waals surface area contributed by atoms with Crippen LogP contribution in [-0.4, -0.2) is 0 Å². The molecule has 6 nitrogen and oxygen atoms in total. The van der Waals surface area contributed by atoms with Gasteiger partial charge in [0.2, 0.25) is 0 Å². The Kier molecular flexibility index (Phi) is 9600. The van der Waals surface area contributed by atoms with E-state index in [9.17, 15) is 0 Å². The maximum atomic E-state index is 6.25. The summed E-state index contributed by atoms with van der Waals surface area (Å²) in [6.45, 7) is 28.5. The fourth-order valence-electron chi connectivity index (χ4n) is 0. The predicted octanol–water partition coefficient (Wildman–Crippen LogP) is -2.31. The Morgan fingerprint density at radius 3 is 0.429 bits per heavy atom. The van der Waals surface area contributed by atoms with Crippen LogP contribution in [0.15, 0.2) is 0 Å². The summed E-state index contributed by atoms with van der Waals surface area (Å²) in [5.41, 5.74) is 0. The summed E-state index contributed by atoms with van der Waals surface area (Å²) in [6, 6.07) is 0. The fraction of sp³-hybridized carbons (Fsp3) is 0. The molecule has 64 valence electrons. The first-order chi connectivity index (χ1) is 6.00. The molecule has 0 N–H and O–H groups in total. The van der Waals surface area contributed by atoms with E-state index in [1.54, 1.807) is 0 Å². The monoisotopic (exact) mass is 252 g/mol. The minimum absolute atomic E-state index is 0. The Morgan fingerprint density at radius 1 is 0.429 bits per heavy atom. The molecule has 0 spiro atoms. The van der Waals surface area contributed by atoms with Crippen molar-refractivity contribution in [2.45, 2.75) is 0 Å². The molecule has 8 heteroatoms. The molecule has 0 amide bonds. The summed E-state index contributed by atoms with van der Waals surface area (Å²) < 4.78 is 0. The van der Waals surface area contributed by atoms with Crippen molar-refractivity contribution >= 4 is 0 Å². The number of hydrogen-bond acceptors (Lipinski definition) is 6. The van der Waals surface area contributed by atoms with Crippen LogP contribution in [-0.2, 0) is 17.1 Å². The van der Waals surface area contributed by atoms with Gasteiger partial charge in [0, 0.05) is 0 Å². The van der Waals surface area contributed by atoms with E-state index >= 15 is 0 Å². The van der Waals surface area contributed by atoms with Gasteiger partial charge in [-0.2, -0.15) is 0 Å². The molecule has 0 aliphatic carbocycles. The van der Waals surface area contributed by atoms with Gasteiger partial charge in [-0.15, -0.1) is 0 Å². The third-order valence-electron chi connectivity index (χ3n) is 0.